The summed E-state index contributed by atoms with van der Waals surface area (Å²) in [5, 5.41) is 0. The molecule has 0 saturated heterocycles. The van der Waals surface area contributed by atoms with Gasteiger partial charge >= 0.3 is 0 Å². The zero-order chi connectivity index (χ0) is 12.7. The van der Waals surface area contributed by atoms with Gasteiger partial charge in [-0.15, -0.1) is 0 Å². The monoisotopic (exact) mass is 242 g/mol. The van der Waals surface area contributed by atoms with E-state index in [0.717, 1.165) is 22.8 Å². The molecule has 0 amide bonds. The molecule has 0 heterocycles. The fraction of sp³-hybridized carbons (Fsp3) is 0.125. The average molecular weight is 242 g/mol. The fourth-order valence-corrected chi connectivity index (χ4v) is 2.53. The standard InChI is InChI=1S/C16H12F2/c1-10-12-6-3-2-5-11(12)9-14(10)13-7-4-8-15(17)16(13)18/h2-10H,1H3. The van der Waals surface area contributed by atoms with Crippen LogP contribution in [0, 0.1) is 11.6 Å². The fourth-order valence-electron chi connectivity index (χ4n) is 2.53. The van der Waals surface area contributed by atoms with Crippen LogP contribution in [0.1, 0.15) is 29.5 Å². The Kier molecular flexibility index (Phi) is 2.51. The SMILES string of the molecule is CC1C(c2cccc(F)c2F)=Cc2ccccc21. The number of halogens is 2. The van der Waals surface area contributed by atoms with Gasteiger partial charge < -0.3 is 0 Å². The molecule has 2 aromatic rings. The highest BCUT2D eigenvalue weighted by molar-refractivity contribution is 5.91. The normalized spacial score (nSPS) is 17.5. The Morgan fingerprint density at radius 3 is 2.50 bits per heavy atom. The summed E-state index contributed by atoms with van der Waals surface area (Å²) < 4.78 is 27.1. The Hall–Kier alpha value is -1.96. The van der Waals surface area contributed by atoms with E-state index in [9.17, 15) is 8.78 Å². The van der Waals surface area contributed by atoms with Crippen LogP contribution in [0.25, 0.3) is 11.6 Å². The van der Waals surface area contributed by atoms with Gasteiger partial charge in [0.1, 0.15) is 0 Å². The van der Waals surface area contributed by atoms with Crippen molar-refractivity contribution in [3.8, 4) is 0 Å². The van der Waals surface area contributed by atoms with Crippen LogP contribution in [0.15, 0.2) is 42.5 Å². The van der Waals surface area contributed by atoms with Crippen molar-refractivity contribution in [2.24, 2.45) is 0 Å². The second kappa shape index (κ2) is 4.05. The molecule has 0 aromatic heterocycles. The Labute approximate surface area is 105 Å². The van der Waals surface area contributed by atoms with Crippen LogP contribution in [0.5, 0.6) is 0 Å². The molecule has 0 spiro atoms. The number of rotatable bonds is 1. The van der Waals surface area contributed by atoms with Crippen molar-refractivity contribution in [1.29, 1.82) is 0 Å². The van der Waals surface area contributed by atoms with Crippen molar-refractivity contribution in [3.63, 3.8) is 0 Å². The van der Waals surface area contributed by atoms with Crippen LogP contribution in [0.3, 0.4) is 0 Å². The predicted molar refractivity (Wildman–Crippen MR) is 69.1 cm³/mol. The first kappa shape index (κ1) is 11.1. The topological polar surface area (TPSA) is 0 Å². The summed E-state index contributed by atoms with van der Waals surface area (Å²) in [5.41, 5.74) is 3.45. The lowest BCUT2D eigenvalue weighted by Gasteiger charge is -2.12. The van der Waals surface area contributed by atoms with Crippen LogP contribution in [-0.4, -0.2) is 0 Å². The highest BCUT2D eigenvalue weighted by atomic mass is 19.2. The summed E-state index contributed by atoms with van der Waals surface area (Å²) >= 11 is 0. The summed E-state index contributed by atoms with van der Waals surface area (Å²) in [6.45, 7) is 2.02. The van der Waals surface area contributed by atoms with E-state index in [2.05, 4.69) is 0 Å². The number of fused-ring (bicyclic) bond motifs is 1. The van der Waals surface area contributed by atoms with Gasteiger partial charge in [-0.05, 0) is 22.8 Å². The number of benzene rings is 2. The van der Waals surface area contributed by atoms with Gasteiger partial charge in [0.05, 0.1) is 0 Å². The summed E-state index contributed by atoms with van der Waals surface area (Å²) in [6, 6.07) is 12.3. The van der Waals surface area contributed by atoms with Gasteiger partial charge in [0.15, 0.2) is 11.6 Å². The summed E-state index contributed by atoms with van der Waals surface area (Å²) in [4.78, 5) is 0. The average Bonchev–Trinajstić information content (AvgIpc) is 2.71. The summed E-state index contributed by atoms with van der Waals surface area (Å²) in [7, 11) is 0. The second-order valence-corrected chi connectivity index (χ2v) is 4.55. The number of allylic oxidation sites excluding steroid dienone is 1. The van der Waals surface area contributed by atoms with E-state index >= 15 is 0 Å². The maximum Gasteiger partial charge on any atom is 0.166 e. The van der Waals surface area contributed by atoms with Crippen molar-refractivity contribution in [3.05, 3.63) is 70.8 Å². The largest absolute Gasteiger partial charge is 0.204 e. The Bertz CT molecular complexity index is 641. The highest BCUT2D eigenvalue weighted by Crippen LogP contribution is 2.42. The third-order valence-electron chi connectivity index (χ3n) is 3.50. The first-order valence-corrected chi connectivity index (χ1v) is 5.93. The minimum atomic E-state index is -0.795. The zero-order valence-corrected chi connectivity index (χ0v) is 9.95. The molecule has 0 N–H and O–H groups in total. The molecule has 18 heavy (non-hydrogen) atoms. The molecule has 2 heteroatoms. The molecule has 0 saturated carbocycles. The lowest BCUT2D eigenvalue weighted by atomic mass is 9.93. The number of hydrogen-bond donors (Lipinski definition) is 0. The third-order valence-corrected chi connectivity index (χ3v) is 3.50. The molecule has 0 radical (unpaired) electrons. The molecule has 3 rings (SSSR count). The maximum absolute atomic E-state index is 13.8. The predicted octanol–water partition coefficient (Wildman–Crippen LogP) is 4.62. The van der Waals surface area contributed by atoms with Crippen molar-refractivity contribution in [2.75, 3.05) is 0 Å². The first-order chi connectivity index (χ1) is 8.68. The highest BCUT2D eigenvalue weighted by Gasteiger charge is 2.24. The molecule has 0 aliphatic heterocycles. The minimum Gasteiger partial charge on any atom is -0.204 e. The molecule has 1 unspecified atom stereocenters. The molecular formula is C16H12F2. The van der Waals surface area contributed by atoms with Crippen molar-refractivity contribution >= 4 is 11.6 Å². The van der Waals surface area contributed by atoms with Crippen LogP contribution < -0.4 is 0 Å². The number of hydrogen-bond acceptors (Lipinski definition) is 0. The van der Waals surface area contributed by atoms with Gasteiger partial charge in [-0.25, -0.2) is 8.78 Å². The lowest BCUT2D eigenvalue weighted by molar-refractivity contribution is 0.506. The van der Waals surface area contributed by atoms with Gasteiger partial charge in [0, 0.05) is 11.5 Å². The van der Waals surface area contributed by atoms with Gasteiger partial charge in [-0.2, -0.15) is 0 Å². The Balaban J connectivity index is 2.14. The van der Waals surface area contributed by atoms with Gasteiger partial charge in [0.25, 0.3) is 0 Å². The van der Waals surface area contributed by atoms with E-state index in [0.29, 0.717) is 5.56 Å². The molecule has 1 aliphatic carbocycles. The minimum absolute atomic E-state index is 0.0949. The zero-order valence-electron chi connectivity index (χ0n) is 9.95. The van der Waals surface area contributed by atoms with Gasteiger partial charge in [0.2, 0.25) is 0 Å². The van der Waals surface area contributed by atoms with E-state index in [1.165, 1.54) is 0 Å². The molecule has 1 aliphatic rings. The van der Waals surface area contributed by atoms with Crippen LogP contribution >= 0.6 is 0 Å². The molecule has 0 nitrogen and oxygen atoms in total. The van der Waals surface area contributed by atoms with E-state index < -0.39 is 11.6 Å². The summed E-state index contributed by atoms with van der Waals surface area (Å²) in [6.07, 6.45) is 1.94. The van der Waals surface area contributed by atoms with E-state index in [-0.39, 0.29) is 5.92 Å². The van der Waals surface area contributed by atoms with Gasteiger partial charge in [-0.3, -0.25) is 0 Å². The van der Waals surface area contributed by atoms with Crippen molar-refractivity contribution in [1.82, 2.24) is 0 Å². The smallest absolute Gasteiger partial charge is 0.166 e. The molecular weight excluding hydrogens is 230 g/mol. The molecule has 0 bridgehead atoms. The maximum atomic E-state index is 13.8. The van der Waals surface area contributed by atoms with E-state index in [4.69, 9.17) is 0 Å². The van der Waals surface area contributed by atoms with Crippen molar-refractivity contribution < 1.29 is 8.78 Å². The van der Waals surface area contributed by atoms with Crippen molar-refractivity contribution in [2.45, 2.75) is 12.8 Å². The molecule has 0 fully saturated rings. The van der Waals surface area contributed by atoms with Crippen LogP contribution in [0.2, 0.25) is 0 Å². The molecule has 1 atom stereocenters. The lowest BCUT2D eigenvalue weighted by Crippen LogP contribution is -1.97. The quantitative estimate of drug-likeness (QED) is 0.684. The van der Waals surface area contributed by atoms with E-state index in [1.54, 1.807) is 12.1 Å². The summed E-state index contributed by atoms with van der Waals surface area (Å²) in [5.74, 6) is -1.46. The second-order valence-electron chi connectivity index (χ2n) is 4.55. The van der Waals surface area contributed by atoms with Gasteiger partial charge in [-0.1, -0.05) is 49.4 Å². The Morgan fingerprint density at radius 1 is 0.944 bits per heavy atom. The molecule has 2 aromatic carbocycles. The van der Waals surface area contributed by atoms with E-state index in [1.807, 2.05) is 37.3 Å². The third kappa shape index (κ3) is 1.57. The van der Waals surface area contributed by atoms with Crippen LogP contribution in [-0.2, 0) is 0 Å². The molecule has 90 valence electrons. The van der Waals surface area contributed by atoms with Crippen LogP contribution in [0.4, 0.5) is 8.78 Å². The Morgan fingerprint density at radius 2 is 1.72 bits per heavy atom. The first-order valence-electron chi connectivity index (χ1n) is 5.93.